The van der Waals surface area contributed by atoms with Crippen molar-refractivity contribution in [2.24, 2.45) is 35.5 Å². The maximum Gasteiger partial charge on any atom is 0.133 e. The fraction of sp³-hybridized carbons (Fsp3) is 0.957. The molecule has 140 valence electrons. The van der Waals surface area contributed by atoms with Crippen LogP contribution in [0.1, 0.15) is 105 Å². The zero-order chi connectivity index (χ0) is 17.5. The molecular formula is C23H42O. The van der Waals surface area contributed by atoms with Gasteiger partial charge in [-0.15, -0.1) is 0 Å². The Morgan fingerprint density at radius 1 is 0.625 bits per heavy atom. The van der Waals surface area contributed by atoms with E-state index >= 15 is 0 Å². The number of hydrogen-bond acceptors (Lipinski definition) is 1. The molecule has 0 aromatic carbocycles. The third-order valence-corrected chi connectivity index (χ3v) is 6.57. The van der Waals surface area contributed by atoms with Gasteiger partial charge in [0.2, 0.25) is 0 Å². The quantitative estimate of drug-likeness (QED) is 0.465. The highest BCUT2D eigenvalue weighted by Gasteiger charge is 2.26. The predicted molar refractivity (Wildman–Crippen MR) is 104 cm³/mol. The molecule has 0 atom stereocenters. The summed E-state index contributed by atoms with van der Waals surface area (Å²) >= 11 is 0. The van der Waals surface area contributed by atoms with E-state index in [4.69, 9.17) is 0 Å². The number of carbonyl (C=O) groups excluding carboxylic acids is 1. The second-order valence-corrected chi connectivity index (χ2v) is 9.98. The van der Waals surface area contributed by atoms with Crippen molar-refractivity contribution < 1.29 is 4.79 Å². The molecule has 0 aromatic rings. The van der Waals surface area contributed by atoms with E-state index in [-0.39, 0.29) is 0 Å². The normalized spacial score (nSPS) is 31.6. The number of carbonyl (C=O) groups is 1. The van der Waals surface area contributed by atoms with E-state index in [1.807, 2.05) is 0 Å². The van der Waals surface area contributed by atoms with Crippen LogP contribution in [0.3, 0.4) is 0 Å². The van der Waals surface area contributed by atoms with Crippen molar-refractivity contribution in [1.29, 1.82) is 0 Å². The Hall–Kier alpha value is -0.330. The SMILES string of the molecule is CC(C)CC1CCC(CC(=O)CC2CCC(CC(C)C)CC2)CC1. The maximum absolute atomic E-state index is 12.5. The highest BCUT2D eigenvalue weighted by molar-refractivity contribution is 5.78. The van der Waals surface area contributed by atoms with Gasteiger partial charge in [-0.2, -0.15) is 0 Å². The first-order chi connectivity index (χ1) is 11.4. The van der Waals surface area contributed by atoms with Gasteiger partial charge in [-0.25, -0.2) is 0 Å². The Morgan fingerprint density at radius 3 is 1.21 bits per heavy atom. The third kappa shape index (κ3) is 7.28. The molecule has 0 unspecified atom stereocenters. The van der Waals surface area contributed by atoms with E-state index in [2.05, 4.69) is 27.7 Å². The molecule has 2 fully saturated rings. The largest absolute Gasteiger partial charge is 0.300 e. The monoisotopic (exact) mass is 334 g/mol. The molecule has 0 heterocycles. The highest BCUT2D eigenvalue weighted by atomic mass is 16.1. The van der Waals surface area contributed by atoms with Crippen LogP contribution < -0.4 is 0 Å². The minimum atomic E-state index is 0.578. The molecule has 2 aliphatic carbocycles. The van der Waals surface area contributed by atoms with E-state index in [9.17, 15) is 4.79 Å². The lowest BCUT2D eigenvalue weighted by atomic mass is 9.74. The molecule has 0 bridgehead atoms. The van der Waals surface area contributed by atoms with Crippen LogP contribution in [0.15, 0.2) is 0 Å². The fourth-order valence-corrected chi connectivity index (χ4v) is 5.40. The minimum Gasteiger partial charge on any atom is -0.300 e. The number of Topliss-reactive ketones (excluding diaryl/α,β-unsaturated/α-hetero) is 1. The van der Waals surface area contributed by atoms with Crippen LogP contribution in [0.25, 0.3) is 0 Å². The van der Waals surface area contributed by atoms with Crippen LogP contribution in [0, 0.1) is 35.5 Å². The van der Waals surface area contributed by atoms with E-state index in [1.54, 1.807) is 0 Å². The lowest BCUT2D eigenvalue weighted by molar-refractivity contribution is -0.121. The molecule has 0 N–H and O–H groups in total. The molecule has 1 heteroatoms. The second kappa shape index (κ2) is 9.97. The molecular weight excluding hydrogens is 292 g/mol. The van der Waals surface area contributed by atoms with Crippen LogP contribution in [0.4, 0.5) is 0 Å². The summed E-state index contributed by atoms with van der Waals surface area (Å²) in [5, 5.41) is 0. The molecule has 2 aliphatic rings. The van der Waals surface area contributed by atoms with Gasteiger partial charge in [-0.1, -0.05) is 53.4 Å². The summed E-state index contributed by atoms with van der Waals surface area (Å²) in [5.41, 5.74) is 0. The molecule has 0 radical (unpaired) electrons. The van der Waals surface area contributed by atoms with Crippen LogP contribution >= 0.6 is 0 Å². The van der Waals surface area contributed by atoms with Crippen LogP contribution in [-0.4, -0.2) is 5.78 Å². The van der Waals surface area contributed by atoms with Crippen molar-refractivity contribution in [1.82, 2.24) is 0 Å². The van der Waals surface area contributed by atoms with Crippen LogP contribution in [0.2, 0.25) is 0 Å². The Labute approximate surface area is 151 Å². The summed E-state index contributed by atoms with van der Waals surface area (Å²) < 4.78 is 0. The van der Waals surface area contributed by atoms with E-state index in [0.717, 1.165) is 36.5 Å². The zero-order valence-electron chi connectivity index (χ0n) is 16.9. The van der Waals surface area contributed by atoms with Gasteiger partial charge in [0, 0.05) is 12.8 Å². The summed E-state index contributed by atoms with van der Waals surface area (Å²) in [5.74, 6) is 5.53. The Bertz CT molecular complexity index is 320. The van der Waals surface area contributed by atoms with Crippen molar-refractivity contribution in [3.05, 3.63) is 0 Å². The first-order valence-corrected chi connectivity index (χ1v) is 10.9. The van der Waals surface area contributed by atoms with Crippen molar-refractivity contribution in [2.45, 2.75) is 105 Å². The second-order valence-electron chi connectivity index (χ2n) is 9.98. The minimum absolute atomic E-state index is 0.578. The molecule has 0 spiro atoms. The van der Waals surface area contributed by atoms with Gasteiger partial charge >= 0.3 is 0 Å². The Balaban J connectivity index is 1.61. The average molecular weight is 335 g/mol. The number of hydrogen-bond donors (Lipinski definition) is 0. The lowest BCUT2D eigenvalue weighted by Crippen LogP contribution is -2.21. The fourth-order valence-electron chi connectivity index (χ4n) is 5.40. The van der Waals surface area contributed by atoms with Gasteiger partial charge in [0.25, 0.3) is 0 Å². The summed E-state index contributed by atoms with van der Waals surface area (Å²) in [7, 11) is 0. The lowest BCUT2D eigenvalue weighted by Gasteiger charge is -2.31. The van der Waals surface area contributed by atoms with Gasteiger partial charge in [-0.3, -0.25) is 4.79 Å². The Morgan fingerprint density at radius 2 is 0.917 bits per heavy atom. The van der Waals surface area contributed by atoms with Gasteiger partial charge in [0.05, 0.1) is 0 Å². The highest BCUT2D eigenvalue weighted by Crippen LogP contribution is 2.37. The van der Waals surface area contributed by atoms with Crippen LogP contribution in [-0.2, 0) is 4.79 Å². The smallest absolute Gasteiger partial charge is 0.133 e. The van der Waals surface area contributed by atoms with Crippen molar-refractivity contribution in [3.63, 3.8) is 0 Å². The molecule has 2 saturated carbocycles. The third-order valence-electron chi connectivity index (χ3n) is 6.57. The summed E-state index contributed by atoms with van der Waals surface area (Å²) in [6.45, 7) is 9.36. The summed E-state index contributed by atoms with van der Waals surface area (Å²) in [6, 6.07) is 0. The molecule has 0 aliphatic heterocycles. The number of ketones is 1. The van der Waals surface area contributed by atoms with Crippen molar-refractivity contribution in [2.75, 3.05) is 0 Å². The van der Waals surface area contributed by atoms with E-state index < -0.39 is 0 Å². The average Bonchev–Trinajstić information content (AvgIpc) is 2.50. The van der Waals surface area contributed by atoms with Crippen LogP contribution in [0.5, 0.6) is 0 Å². The number of rotatable bonds is 8. The van der Waals surface area contributed by atoms with Crippen molar-refractivity contribution in [3.8, 4) is 0 Å². The van der Waals surface area contributed by atoms with E-state index in [0.29, 0.717) is 17.6 Å². The standard InChI is InChI=1S/C23H42O/c1-17(2)13-19-5-9-21(10-6-19)15-23(24)16-22-11-7-20(8-12-22)14-18(3)4/h17-22H,5-16H2,1-4H3. The maximum atomic E-state index is 12.5. The first kappa shape index (κ1) is 20.0. The van der Waals surface area contributed by atoms with Gasteiger partial charge < -0.3 is 0 Å². The van der Waals surface area contributed by atoms with Gasteiger partial charge in [-0.05, 0) is 74.0 Å². The topological polar surface area (TPSA) is 17.1 Å². The summed E-state index contributed by atoms with van der Waals surface area (Å²) in [4.78, 5) is 12.5. The predicted octanol–water partition coefficient (Wildman–Crippen LogP) is 7.04. The molecule has 0 saturated heterocycles. The Kier molecular flexibility index (Phi) is 8.31. The molecule has 0 aromatic heterocycles. The molecule has 1 nitrogen and oxygen atoms in total. The molecule has 24 heavy (non-hydrogen) atoms. The molecule has 2 rings (SSSR count). The first-order valence-electron chi connectivity index (χ1n) is 10.9. The van der Waals surface area contributed by atoms with Gasteiger partial charge in [0.15, 0.2) is 0 Å². The molecule has 0 amide bonds. The van der Waals surface area contributed by atoms with Crippen molar-refractivity contribution >= 4 is 5.78 Å². The zero-order valence-corrected chi connectivity index (χ0v) is 16.9. The summed E-state index contributed by atoms with van der Waals surface area (Å²) in [6.07, 6.45) is 15.3. The van der Waals surface area contributed by atoms with Gasteiger partial charge in [0.1, 0.15) is 5.78 Å². The van der Waals surface area contributed by atoms with E-state index in [1.165, 1.54) is 64.2 Å².